The number of hydrogen-bond acceptors (Lipinski definition) is 6. The average molecular weight is 418 g/mol. The van der Waals surface area contributed by atoms with Gasteiger partial charge >= 0.3 is 0 Å². The maximum absolute atomic E-state index is 12.0. The molecule has 3 rings (SSSR count). The molecule has 2 fully saturated rings. The molecule has 1 aliphatic heterocycles. The molecule has 0 bridgehead atoms. The van der Waals surface area contributed by atoms with Crippen LogP contribution in [0.15, 0.2) is 23.1 Å². The minimum atomic E-state index is 0.114. The number of carbonyl (C=O) groups is 2. The zero-order chi connectivity index (χ0) is 20.6. The van der Waals surface area contributed by atoms with Gasteiger partial charge in [-0.1, -0.05) is 37.9 Å². The highest BCUT2D eigenvalue weighted by Gasteiger charge is 2.25. The Labute approximate surface area is 179 Å². The van der Waals surface area contributed by atoms with E-state index in [2.05, 4.69) is 21.7 Å². The average Bonchev–Trinajstić information content (AvgIpc) is 2.78. The molecule has 0 radical (unpaired) electrons. The molecule has 1 aromatic carbocycles. The number of anilines is 1. The van der Waals surface area contributed by atoms with Gasteiger partial charge in [0.2, 0.25) is 0 Å². The molecule has 0 aromatic heterocycles. The highest BCUT2D eigenvalue weighted by molar-refractivity contribution is 8.12. The van der Waals surface area contributed by atoms with Crippen LogP contribution in [0.4, 0.5) is 5.69 Å². The van der Waals surface area contributed by atoms with Crippen LogP contribution in [0.5, 0.6) is 0 Å². The molecule has 1 saturated heterocycles. The summed E-state index contributed by atoms with van der Waals surface area (Å²) >= 11 is 1.16. The maximum atomic E-state index is 12.0. The molecule has 1 aromatic rings. The van der Waals surface area contributed by atoms with E-state index in [1.54, 1.807) is 0 Å². The van der Waals surface area contributed by atoms with E-state index in [1.165, 1.54) is 45.2 Å². The third-order valence-electron chi connectivity index (χ3n) is 6.44. The summed E-state index contributed by atoms with van der Waals surface area (Å²) in [7, 11) is 2.07. The first-order chi connectivity index (χ1) is 14.1. The lowest BCUT2D eigenvalue weighted by Gasteiger charge is -2.41. The second-order valence-electron chi connectivity index (χ2n) is 8.26. The van der Waals surface area contributed by atoms with Gasteiger partial charge in [0.1, 0.15) is 0 Å². The Morgan fingerprint density at radius 1 is 1.17 bits per heavy atom. The maximum Gasteiger partial charge on any atom is 0.181 e. The van der Waals surface area contributed by atoms with Crippen molar-refractivity contribution in [2.75, 3.05) is 51.2 Å². The summed E-state index contributed by atoms with van der Waals surface area (Å²) in [6.45, 7) is 8.47. The number of nitrogens with zero attached hydrogens (tertiary/aromatic N) is 3. The Hall–Kier alpha value is -1.37. The van der Waals surface area contributed by atoms with Crippen molar-refractivity contribution in [2.45, 2.75) is 56.4 Å². The fourth-order valence-corrected chi connectivity index (χ4v) is 5.21. The van der Waals surface area contributed by atoms with Crippen molar-refractivity contribution in [1.29, 1.82) is 0 Å². The number of carbonyl (C=O) groups excluding carboxylic acids is 2. The minimum Gasteiger partial charge on any atom is -0.372 e. The van der Waals surface area contributed by atoms with Crippen molar-refractivity contribution in [3.63, 3.8) is 0 Å². The van der Waals surface area contributed by atoms with Crippen LogP contribution in [0.3, 0.4) is 0 Å². The number of rotatable bonds is 9. The second-order valence-corrected chi connectivity index (χ2v) is 9.13. The summed E-state index contributed by atoms with van der Waals surface area (Å²) in [5.41, 5.74) is 2.56. The van der Waals surface area contributed by atoms with Gasteiger partial charge in [-0.3, -0.25) is 19.4 Å². The van der Waals surface area contributed by atoms with Crippen LogP contribution in [0, 0.1) is 0 Å². The van der Waals surface area contributed by atoms with Crippen LogP contribution in [-0.2, 0) is 4.79 Å². The Kier molecular flexibility index (Phi) is 8.57. The molecule has 0 unspecified atom stereocenters. The molecule has 1 heterocycles. The van der Waals surface area contributed by atoms with Crippen LogP contribution in [-0.4, -0.2) is 73.6 Å². The Balaban J connectivity index is 1.52. The molecule has 0 N–H and O–H groups in total. The first kappa shape index (κ1) is 22.3. The van der Waals surface area contributed by atoms with Crippen LogP contribution < -0.4 is 4.90 Å². The summed E-state index contributed by atoms with van der Waals surface area (Å²) in [6.07, 6.45) is 7.47. The molecule has 6 heteroatoms. The lowest BCUT2D eigenvalue weighted by atomic mass is 9.94. The lowest BCUT2D eigenvalue weighted by Crippen LogP contribution is -2.51. The summed E-state index contributed by atoms with van der Waals surface area (Å²) in [5, 5.41) is 0. The fraction of sp³-hybridized carbons (Fsp3) is 0.652. The highest BCUT2D eigenvalue weighted by Crippen LogP contribution is 2.30. The van der Waals surface area contributed by atoms with Crippen molar-refractivity contribution in [3.8, 4) is 0 Å². The van der Waals surface area contributed by atoms with Gasteiger partial charge in [-0.25, -0.2) is 0 Å². The normalized spacial score (nSPS) is 19.2. The van der Waals surface area contributed by atoms with E-state index in [4.69, 9.17) is 0 Å². The third kappa shape index (κ3) is 6.06. The van der Waals surface area contributed by atoms with Crippen LogP contribution in [0.1, 0.15) is 55.8 Å². The monoisotopic (exact) mass is 417 g/mol. The van der Waals surface area contributed by atoms with Crippen LogP contribution >= 0.6 is 11.8 Å². The van der Waals surface area contributed by atoms with E-state index in [0.29, 0.717) is 12.0 Å². The number of benzene rings is 1. The van der Waals surface area contributed by atoms with Crippen molar-refractivity contribution >= 4 is 28.9 Å². The first-order valence-corrected chi connectivity index (χ1v) is 12.0. The van der Waals surface area contributed by atoms with E-state index in [9.17, 15) is 9.59 Å². The molecule has 0 spiro atoms. The number of likely N-dealkylation sites (N-methyl/N-ethyl adjacent to an activating group) is 1. The van der Waals surface area contributed by atoms with Crippen molar-refractivity contribution in [3.05, 3.63) is 23.8 Å². The van der Waals surface area contributed by atoms with Crippen LogP contribution in [0.25, 0.3) is 0 Å². The Morgan fingerprint density at radius 2 is 1.90 bits per heavy atom. The van der Waals surface area contributed by atoms with Gasteiger partial charge in [0.25, 0.3) is 0 Å². The predicted octanol–water partition coefficient (Wildman–Crippen LogP) is 3.95. The lowest BCUT2D eigenvalue weighted by molar-refractivity contribution is 0.0804. The Bertz CT molecular complexity index is 683. The third-order valence-corrected chi connectivity index (χ3v) is 7.12. The van der Waals surface area contributed by atoms with Gasteiger partial charge in [-0.05, 0) is 31.0 Å². The van der Waals surface area contributed by atoms with E-state index in [-0.39, 0.29) is 5.78 Å². The second kappa shape index (κ2) is 11.1. The fourth-order valence-electron chi connectivity index (χ4n) is 4.56. The first-order valence-electron chi connectivity index (χ1n) is 11.1. The number of ketones is 1. The number of Topliss-reactive ketones (excluding diaryl/α,β-unsaturated/α-hetero) is 1. The van der Waals surface area contributed by atoms with Crippen molar-refractivity contribution < 1.29 is 9.59 Å². The molecule has 1 aliphatic carbocycles. The summed E-state index contributed by atoms with van der Waals surface area (Å²) in [6, 6.07) is 6.55. The van der Waals surface area contributed by atoms with Gasteiger partial charge < -0.3 is 4.90 Å². The van der Waals surface area contributed by atoms with E-state index in [0.717, 1.165) is 60.2 Å². The summed E-state index contributed by atoms with van der Waals surface area (Å²) in [4.78, 5) is 31.5. The molecular weight excluding hydrogens is 382 g/mol. The quantitative estimate of drug-likeness (QED) is 0.344. The Morgan fingerprint density at radius 3 is 2.55 bits per heavy atom. The van der Waals surface area contributed by atoms with Crippen molar-refractivity contribution in [2.24, 2.45) is 0 Å². The molecule has 1 saturated carbocycles. The van der Waals surface area contributed by atoms with Gasteiger partial charge in [0.15, 0.2) is 11.4 Å². The number of hydrogen-bond donors (Lipinski definition) is 0. The molecule has 0 atom stereocenters. The molecule has 29 heavy (non-hydrogen) atoms. The van der Waals surface area contributed by atoms with Crippen molar-refractivity contribution in [1.82, 2.24) is 9.80 Å². The minimum absolute atomic E-state index is 0.114. The number of piperazine rings is 1. The van der Waals surface area contributed by atoms with E-state index in [1.807, 2.05) is 25.1 Å². The zero-order valence-electron chi connectivity index (χ0n) is 17.9. The van der Waals surface area contributed by atoms with Gasteiger partial charge in [0.05, 0.1) is 5.69 Å². The molecule has 0 amide bonds. The largest absolute Gasteiger partial charge is 0.372 e. The molecule has 160 valence electrons. The highest BCUT2D eigenvalue weighted by atomic mass is 32.2. The number of thioether (sulfide) groups is 1. The standard InChI is InChI=1S/C23H35N3O2S/c1-3-22(28)19-9-10-21(23(17-19)29-18-27)24(2)11-12-25-13-15-26(16-14-25)20-7-5-4-6-8-20/h9-10,17-18,20H,3-8,11-16H2,1-2H3. The van der Waals surface area contributed by atoms with Gasteiger partial charge in [-0.2, -0.15) is 0 Å². The topological polar surface area (TPSA) is 43.9 Å². The van der Waals surface area contributed by atoms with E-state index < -0.39 is 0 Å². The SMILES string of the molecule is CCC(=O)c1ccc(N(C)CCN2CCN(C3CCCCC3)CC2)c(SC=O)c1. The molecule has 2 aliphatic rings. The van der Waals surface area contributed by atoms with Crippen LogP contribution in [0.2, 0.25) is 0 Å². The summed E-state index contributed by atoms with van der Waals surface area (Å²) < 4.78 is 0. The summed E-state index contributed by atoms with van der Waals surface area (Å²) in [5.74, 6) is 0.114. The zero-order valence-corrected chi connectivity index (χ0v) is 18.8. The predicted molar refractivity (Wildman–Crippen MR) is 122 cm³/mol. The smallest absolute Gasteiger partial charge is 0.181 e. The van der Waals surface area contributed by atoms with Gasteiger partial charge in [-0.15, -0.1) is 0 Å². The molecule has 5 nitrogen and oxygen atoms in total. The van der Waals surface area contributed by atoms with E-state index >= 15 is 0 Å². The molecular formula is C23H35N3O2S. The van der Waals surface area contributed by atoms with Gasteiger partial charge in [0, 0.05) is 69.2 Å².